The van der Waals surface area contributed by atoms with Gasteiger partial charge in [0.2, 0.25) is 0 Å². The standard InChI is InChI=1S/C20H16INO4S/c1-3-9-26-18-15(21)10-13(11-16(18)25-2)12-17-19(23)22(20(24)27-17)14-7-5-4-6-8-14/h3-8,10-12H,1,9H2,2H3/b17-12+. The van der Waals surface area contributed by atoms with Gasteiger partial charge in [-0.2, -0.15) is 0 Å². The largest absolute Gasteiger partial charge is 0.493 e. The number of hydrogen-bond donors (Lipinski definition) is 0. The van der Waals surface area contributed by atoms with Crippen LogP contribution in [0.3, 0.4) is 0 Å². The van der Waals surface area contributed by atoms with Crippen LogP contribution in [0.1, 0.15) is 5.56 Å². The van der Waals surface area contributed by atoms with Crippen molar-refractivity contribution >= 4 is 57.3 Å². The number of ether oxygens (including phenoxy) is 2. The Balaban J connectivity index is 1.93. The number of anilines is 1. The maximum absolute atomic E-state index is 12.7. The number of para-hydroxylation sites is 1. The van der Waals surface area contributed by atoms with Crippen molar-refractivity contribution in [2.75, 3.05) is 18.6 Å². The van der Waals surface area contributed by atoms with Crippen LogP contribution in [0.25, 0.3) is 6.08 Å². The van der Waals surface area contributed by atoms with E-state index in [1.54, 1.807) is 49.6 Å². The molecule has 1 aliphatic heterocycles. The molecular weight excluding hydrogens is 477 g/mol. The molecule has 0 N–H and O–H groups in total. The first-order chi connectivity index (χ1) is 13.0. The molecule has 2 aromatic carbocycles. The normalized spacial score (nSPS) is 15.3. The Bertz CT molecular complexity index is 927. The second-order valence-corrected chi connectivity index (χ2v) is 7.64. The van der Waals surface area contributed by atoms with E-state index < -0.39 is 0 Å². The zero-order valence-electron chi connectivity index (χ0n) is 14.5. The predicted molar refractivity (Wildman–Crippen MR) is 116 cm³/mol. The zero-order valence-corrected chi connectivity index (χ0v) is 17.5. The molecule has 7 heteroatoms. The van der Waals surface area contributed by atoms with Crippen molar-refractivity contribution in [1.82, 2.24) is 0 Å². The molecule has 1 fully saturated rings. The Morgan fingerprint density at radius 1 is 1.22 bits per heavy atom. The number of hydrogen-bond acceptors (Lipinski definition) is 5. The lowest BCUT2D eigenvalue weighted by Gasteiger charge is -2.13. The summed E-state index contributed by atoms with van der Waals surface area (Å²) < 4.78 is 11.9. The van der Waals surface area contributed by atoms with Gasteiger partial charge in [0.1, 0.15) is 6.61 Å². The summed E-state index contributed by atoms with van der Waals surface area (Å²) in [7, 11) is 1.55. The van der Waals surface area contributed by atoms with Crippen LogP contribution >= 0.6 is 34.4 Å². The van der Waals surface area contributed by atoms with Crippen LogP contribution in [0, 0.1) is 3.57 Å². The summed E-state index contributed by atoms with van der Waals surface area (Å²) >= 11 is 3.07. The van der Waals surface area contributed by atoms with Crippen LogP contribution in [0.4, 0.5) is 10.5 Å². The molecule has 2 aromatic rings. The second-order valence-electron chi connectivity index (χ2n) is 5.49. The van der Waals surface area contributed by atoms with Gasteiger partial charge in [0.25, 0.3) is 11.1 Å². The lowest BCUT2D eigenvalue weighted by molar-refractivity contribution is -0.113. The molecular formula is C20H16INO4S. The maximum atomic E-state index is 12.7. The number of methoxy groups -OCH3 is 1. The van der Waals surface area contributed by atoms with E-state index in [0.29, 0.717) is 28.7 Å². The molecule has 0 atom stereocenters. The first kappa shape index (κ1) is 19.5. The number of carbonyl (C=O) groups excluding carboxylic acids is 2. The highest BCUT2D eigenvalue weighted by Crippen LogP contribution is 2.38. The maximum Gasteiger partial charge on any atom is 0.298 e. The van der Waals surface area contributed by atoms with Gasteiger partial charge in [-0.1, -0.05) is 30.9 Å². The van der Waals surface area contributed by atoms with E-state index in [2.05, 4.69) is 29.2 Å². The number of thioether (sulfide) groups is 1. The first-order valence-corrected chi connectivity index (χ1v) is 9.89. The van der Waals surface area contributed by atoms with Crippen LogP contribution in [-0.4, -0.2) is 24.9 Å². The van der Waals surface area contributed by atoms with Crippen molar-refractivity contribution < 1.29 is 19.1 Å². The van der Waals surface area contributed by atoms with Gasteiger partial charge < -0.3 is 9.47 Å². The number of rotatable bonds is 6. The molecule has 0 spiro atoms. The summed E-state index contributed by atoms with van der Waals surface area (Å²) in [4.78, 5) is 26.6. The highest BCUT2D eigenvalue weighted by molar-refractivity contribution is 14.1. The summed E-state index contributed by atoms with van der Waals surface area (Å²) in [5, 5.41) is -0.315. The van der Waals surface area contributed by atoms with E-state index in [9.17, 15) is 9.59 Å². The third kappa shape index (κ3) is 4.19. The Morgan fingerprint density at radius 3 is 2.63 bits per heavy atom. The Kier molecular flexibility index (Phi) is 6.22. The van der Waals surface area contributed by atoms with Gasteiger partial charge >= 0.3 is 0 Å². The van der Waals surface area contributed by atoms with E-state index in [0.717, 1.165) is 20.9 Å². The van der Waals surface area contributed by atoms with Crippen molar-refractivity contribution in [1.29, 1.82) is 0 Å². The quantitative estimate of drug-likeness (QED) is 0.318. The van der Waals surface area contributed by atoms with Gasteiger partial charge in [-0.25, -0.2) is 4.90 Å². The third-order valence-electron chi connectivity index (χ3n) is 3.70. The number of amides is 2. The number of halogens is 1. The van der Waals surface area contributed by atoms with Gasteiger partial charge in [0.05, 0.1) is 21.3 Å². The number of nitrogens with zero attached hydrogens (tertiary/aromatic N) is 1. The number of benzene rings is 2. The fourth-order valence-electron chi connectivity index (χ4n) is 2.52. The Labute approximate surface area is 175 Å². The lowest BCUT2D eigenvalue weighted by atomic mass is 10.1. The van der Waals surface area contributed by atoms with Crippen molar-refractivity contribution in [2.45, 2.75) is 0 Å². The number of carbonyl (C=O) groups is 2. The smallest absolute Gasteiger partial charge is 0.298 e. The van der Waals surface area contributed by atoms with E-state index in [1.807, 2.05) is 12.1 Å². The van der Waals surface area contributed by atoms with Gasteiger partial charge in [-0.15, -0.1) is 0 Å². The molecule has 2 amide bonds. The molecule has 0 radical (unpaired) electrons. The van der Waals surface area contributed by atoms with Crippen LogP contribution < -0.4 is 14.4 Å². The molecule has 0 saturated carbocycles. The molecule has 27 heavy (non-hydrogen) atoms. The SMILES string of the molecule is C=CCOc1c(I)cc(/C=C2/SC(=O)N(c3ccccc3)C2=O)cc1OC. The molecule has 5 nitrogen and oxygen atoms in total. The molecule has 1 saturated heterocycles. The Morgan fingerprint density at radius 2 is 1.96 bits per heavy atom. The minimum absolute atomic E-state index is 0.315. The molecule has 0 aliphatic carbocycles. The average Bonchev–Trinajstić information content (AvgIpc) is 2.94. The first-order valence-electron chi connectivity index (χ1n) is 7.99. The van der Waals surface area contributed by atoms with E-state index in [1.165, 1.54) is 4.90 Å². The monoisotopic (exact) mass is 493 g/mol. The van der Waals surface area contributed by atoms with Crippen LogP contribution in [0.2, 0.25) is 0 Å². The van der Waals surface area contributed by atoms with Crippen LogP contribution in [0.15, 0.2) is 60.0 Å². The minimum atomic E-state index is -0.336. The molecule has 1 heterocycles. The van der Waals surface area contributed by atoms with Crippen molar-refractivity contribution in [3.63, 3.8) is 0 Å². The van der Waals surface area contributed by atoms with Crippen molar-refractivity contribution in [3.8, 4) is 11.5 Å². The fraction of sp³-hybridized carbons (Fsp3) is 0.100. The lowest BCUT2D eigenvalue weighted by Crippen LogP contribution is -2.27. The molecule has 3 rings (SSSR count). The minimum Gasteiger partial charge on any atom is -0.493 e. The predicted octanol–water partition coefficient (Wildman–Crippen LogP) is 5.11. The van der Waals surface area contributed by atoms with E-state index in [4.69, 9.17) is 9.47 Å². The average molecular weight is 493 g/mol. The van der Waals surface area contributed by atoms with Gasteiger partial charge in [-0.3, -0.25) is 9.59 Å². The van der Waals surface area contributed by atoms with Crippen LogP contribution in [0.5, 0.6) is 11.5 Å². The van der Waals surface area contributed by atoms with Gasteiger partial charge in [0.15, 0.2) is 11.5 Å². The summed E-state index contributed by atoms with van der Waals surface area (Å²) in [6.45, 7) is 4.00. The summed E-state index contributed by atoms with van der Waals surface area (Å²) in [6.07, 6.45) is 3.35. The molecule has 1 aliphatic rings. The van der Waals surface area contributed by atoms with Crippen LogP contribution in [-0.2, 0) is 4.79 Å². The molecule has 138 valence electrons. The summed E-state index contributed by atoms with van der Waals surface area (Å²) in [5.41, 5.74) is 1.31. The summed E-state index contributed by atoms with van der Waals surface area (Å²) in [6, 6.07) is 12.5. The van der Waals surface area contributed by atoms with Gasteiger partial charge in [0, 0.05) is 0 Å². The van der Waals surface area contributed by atoms with E-state index >= 15 is 0 Å². The third-order valence-corrected chi connectivity index (χ3v) is 5.37. The van der Waals surface area contributed by atoms with Crippen molar-refractivity contribution in [3.05, 3.63) is 69.2 Å². The molecule has 0 aromatic heterocycles. The van der Waals surface area contributed by atoms with Gasteiger partial charge in [-0.05, 0) is 70.3 Å². The Hall–Kier alpha value is -2.26. The zero-order chi connectivity index (χ0) is 19.4. The highest BCUT2D eigenvalue weighted by atomic mass is 127. The van der Waals surface area contributed by atoms with Crippen molar-refractivity contribution in [2.24, 2.45) is 0 Å². The topological polar surface area (TPSA) is 55.8 Å². The number of imide groups is 1. The molecule has 0 bridgehead atoms. The van der Waals surface area contributed by atoms with E-state index in [-0.39, 0.29) is 11.1 Å². The summed E-state index contributed by atoms with van der Waals surface area (Å²) in [5.74, 6) is 0.835. The second kappa shape index (κ2) is 8.62. The fourth-order valence-corrected chi connectivity index (χ4v) is 4.15. The highest BCUT2D eigenvalue weighted by Gasteiger charge is 2.36. The molecule has 0 unspecified atom stereocenters.